The van der Waals surface area contributed by atoms with Gasteiger partial charge >= 0.3 is 18.9 Å². The molecule has 5 heavy (non-hydrogen) atoms. The van der Waals surface area contributed by atoms with Crippen LogP contribution in [-0.4, -0.2) is 5.48 Å². The zero-order valence-electron chi connectivity index (χ0n) is 3.67. The van der Waals surface area contributed by atoms with Gasteiger partial charge in [-0.1, -0.05) is 0 Å². The van der Waals surface area contributed by atoms with Crippen LogP contribution in [0.1, 0.15) is 1.43 Å². The standard InChI is InChI=1S/Li.Nb.Ni.H2O.W.H/h;;;1H2;;/q+1;;;;;-1. The fraction of sp³-hybridized carbons (Fsp3) is 0. The monoisotopic (exact) mass is 361 g/mol. The van der Waals surface area contributed by atoms with Crippen molar-refractivity contribution in [3.05, 3.63) is 0 Å². The predicted octanol–water partition coefficient (Wildman–Crippen LogP) is -3.72. The van der Waals surface area contributed by atoms with Crippen LogP contribution < -0.4 is 18.9 Å². The molecular formula is H3LiNbNiOW. The van der Waals surface area contributed by atoms with Gasteiger partial charge in [-0.05, 0) is 0 Å². The third-order valence-corrected chi connectivity index (χ3v) is 0. The molecule has 0 aromatic heterocycles. The summed E-state index contributed by atoms with van der Waals surface area (Å²) in [6.07, 6.45) is 0. The van der Waals surface area contributed by atoms with Crippen molar-refractivity contribution >= 4 is 0 Å². The van der Waals surface area contributed by atoms with Gasteiger partial charge in [0.2, 0.25) is 0 Å². The molecule has 0 aromatic rings. The van der Waals surface area contributed by atoms with Crippen molar-refractivity contribution in [3.63, 3.8) is 0 Å². The van der Waals surface area contributed by atoms with Crippen molar-refractivity contribution in [3.8, 4) is 0 Å². The van der Waals surface area contributed by atoms with Crippen molar-refractivity contribution in [1.29, 1.82) is 0 Å². The van der Waals surface area contributed by atoms with Gasteiger partial charge < -0.3 is 6.90 Å². The van der Waals surface area contributed by atoms with E-state index in [1.807, 2.05) is 0 Å². The first-order valence-electron chi connectivity index (χ1n) is 0. The maximum atomic E-state index is 0. The van der Waals surface area contributed by atoms with Crippen molar-refractivity contribution < 1.29 is 85.7 Å². The zero-order valence-corrected chi connectivity index (χ0v) is 8.79. The van der Waals surface area contributed by atoms with Crippen LogP contribution in [0.3, 0.4) is 0 Å². The largest absolute Gasteiger partial charge is 1.00 e. The summed E-state index contributed by atoms with van der Waals surface area (Å²) in [7, 11) is 0. The molecule has 0 saturated carbocycles. The van der Waals surface area contributed by atoms with Gasteiger partial charge in [-0.15, -0.1) is 0 Å². The molecule has 5 heteroatoms. The molecule has 0 saturated heterocycles. The topological polar surface area (TPSA) is 31.5 Å². The summed E-state index contributed by atoms with van der Waals surface area (Å²) in [4.78, 5) is 0. The molecule has 0 aliphatic rings. The van der Waals surface area contributed by atoms with Crippen molar-refractivity contribution in [2.45, 2.75) is 0 Å². The van der Waals surface area contributed by atoms with Gasteiger partial charge in [0.1, 0.15) is 0 Å². The van der Waals surface area contributed by atoms with E-state index in [4.69, 9.17) is 0 Å². The van der Waals surface area contributed by atoms with Gasteiger partial charge in [0.05, 0.1) is 0 Å². The summed E-state index contributed by atoms with van der Waals surface area (Å²) in [5.74, 6) is 0. The normalized spacial score (nSPS) is 0. The van der Waals surface area contributed by atoms with E-state index >= 15 is 0 Å². The van der Waals surface area contributed by atoms with Crippen LogP contribution in [0.15, 0.2) is 0 Å². The van der Waals surface area contributed by atoms with E-state index in [1.165, 1.54) is 0 Å². The fourth-order valence-electron chi connectivity index (χ4n) is 0. The van der Waals surface area contributed by atoms with Crippen LogP contribution in [0.4, 0.5) is 0 Å². The Balaban J connectivity index is 0. The second-order valence-corrected chi connectivity index (χ2v) is 0. The molecule has 0 heterocycles. The first-order valence-corrected chi connectivity index (χ1v) is 0. The minimum Gasteiger partial charge on any atom is -1.00 e. The van der Waals surface area contributed by atoms with Crippen LogP contribution in [0, 0.1) is 0 Å². The smallest absolute Gasteiger partial charge is 1.00 e. The van der Waals surface area contributed by atoms with E-state index in [-0.39, 0.29) is 85.7 Å². The summed E-state index contributed by atoms with van der Waals surface area (Å²) < 4.78 is 0. The molecule has 0 aromatic carbocycles. The molecule has 31 valence electrons. The molecule has 1 radical (unpaired) electrons. The van der Waals surface area contributed by atoms with Crippen LogP contribution in [0.2, 0.25) is 0 Å². The second kappa shape index (κ2) is 31.6. The molecule has 0 spiro atoms. The van der Waals surface area contributed by atoms with Gasteiger partial charge in [0, 0.05) is 59.9 Å². The van der Waals surface area contributed by atoms with E-state index in [9.17, 15) is 0 Å². The van der Waals surface area contributed by atoms with E-state index < -0.39 is 0 Å². The Kier molecular flexibility index (Phi) is 323. The number of hydrogen-bond donors (Lipinski definition) is 0. The zero-order chi connectivity index (χ0) is 0. The van der Waals surface area contributed by atoms with Crippen molar-refractivity contribution in [2.24, 2.45) is 0 Å². The minimum atomic E-state index is 0. The van der Waals surface area contributed by atoms with Crippen LogP contribution >= 0.6 is 0 Å². The van der Waals surface area contributed by atoms with E-state index in [2.05, 4.69) is 0 Å². The molecule has 0 unspecified atom stereocenters. The summed E-state index contributed by atoms with van der Waals surface area (Å²) >= 11 is 0. The Morgan fingerprint density at radius 2 is 1.20 bits per heavy atom. The number of hydrogen-bond acceptors (Lipinski definition) is 0. The van der Waals surface area contributed by atoms with Crippen molar-refractivity contribution in [2.75, 3.05) is 0 Å². The SMILES string of the molecule is O.[H-].[Li+].[Nb].[Ni].[W]. The maximum absolute atomic E-state index is 0. The molecule has 0 atom stereocenters. The first-order chi connectivity index (χ1) is 0. The van der Waals surface area contributed by atoms with Crippen LogP contribution in [0.5, 0.6) is 0 Å². The maximum Gasteiger partial charge on any atom is 1.00 e. The Bertz CT molecular complexity index is 15.5. The average molecular weight is 361 g/mol. The van der Waals surface area contributed by atoms with Crippen LogP contribution in [-0.2, 0) is 59.9 Å². The molecule has 0 aliphatic heterocycles. The Morgan fingerprint density at radius 1 is 1.20 bits per heavy atom. The fourth-order valence-corrected chi connectivity index (χ4v) is 0. The van der Waals surface area contributed by atoms with E-state index in [0.717, 1.165) is 0 Å². The molecule has 0 amide bonds. The molecule has 2 N–H and O–H groups in total. The van der Waals surface area contributed by atoms with Gasteiger partial charge in [-0.2, -0.15) is 0 Å². The second-order valence-electron chi connectivity index (χ2n) is 0. The number of rotatable bonds is 0. The third kappa shape index (κ3) is 21.1. The molecule has 1 nitrogen and oxygen atoms in total. The summed E-state index contributed by atoms with van der Waals surface area (Å²) in [6, 6.07) is 0. The summed E-state index contributed by atoms with van der Waals surface area (Å²) in [6.45, 7) is 0. The quantitative estimate of drug-likeness (QED) is 0.398. The molecule has 0 rings (SSSR count). The summed E-state index contributed by atoms with van der Waals surface area (Å²) in [5, 5.41) is 0. The predicted molar refractivity (Wildman–Crippen MR) is 4.73 cm³/mol. The van der Waals surface area contributed by atoms with Crippen molar-refractivity contribution in [1.82, 2.24) is 0 Å². The molecular weight excluding hydrogens is 358 g/mol. The Morgan fingerprint density at radius 3 is 1.20 bits per heavy atom. The van der Waals surface area contributed by atoms with Gasteiger partial charge in [-0.25, -0.2) is 0 Å². The van der Waals surface area contributed by atoms with Gasteiger partial charge in [-0.3, -0.25) is 0 Å². The molecule has 0 bridgehead atoms. The van der Waals surface area contributed by atoms with Gasteiger partial charge in [0.25, 0.3) is 0 Å². The molecule has 0 aliphatic carbocycles. The minimum absolute atomic E-state index is 0. The first kappa shape index (κ1) is 51.1. The third-order valence-electron chi connectivity index (χ3n) is 0. The van der Waals surface area contributed by atoms with Gasteiger partial charge in [0.15, 0.2) is 0 Å². The van der Waals surface area contributed by atoms with E-state index in [1.54, 1.807) is 0 Å². The Hall–Kier alpha value is 2.48. The van der Waals surface area contributed by atoms with Crippen LogP contribution in [0.25, 0.3) is 0 Å². The average Bonchev–Trinajstić information content (AvgIpc) is 0. The molecule has 0 fully saturated rings. The Labute approximate surface area is 84.7 Å². The summed E-state index contributed by atoms with van der Waals surface area (Å²) in [5.41, 5.74) is 0. The van der Waals surface area contributed by atoms with E-state index in [0.29, 0.717) is 0 Å².